The molecule has 0 saturated heterocycles. The third-order valence-corrected chi connectivity index (χ3v) is 3.43. The predicted octanol–water partition coefficient (Wildman–Crippen LogP) is 3.21. The van der Waals surface area contributed by atoms with Gasteiger partial charge in [-0.05, 0) is 37.5 Å². The standard InChI is InChI=1S/C16H23N3/c1-4-6-13-7-9-14(10-8-13)16(17)15-11-12(3)18-19(15)5-2/h7-11,16H,4-6,17H2,1-3H3. The number of nitrogens with zero attached hydrogens (tertiary/aromatic N) is 2. The minimum Gasteiger partial charge on any atom is -0.319 e. The molecule has 19 heavy (non-hydrogen) atoms. The van der Waals surface area contributed by atoms with E-state index >= 15 is 0 Å². The molecule has 0 saturated carbocycles. The van der Waals surface area contributed by atoms with Gasteiger partial charge in [-0.1, -0.05) is 37.6 Å². The molecule has 0 radical (unpaired) electrons. The van der Waals surface area contributed by atoms with Crippen LogP contribution in [-0.2, 0) is 13.0 Å². The Morgan fingerprint density at radius 2 is 1.89 bits per heavy atom. The van der Waals surface area contributed by atoms with Crippen LogP contribution < -0.4 is 5.73 Å². The number of aromatic nitrogens is 2. The fourth-order valence-corrected chi connectivity index (χ4v) is 2.42. The molecule has 3 heteroatoms. The van der Waals surface area contributed by atoms with Gasteiger partial charge < -0.3 is 5.73 Å². The minimum atomic E-state index is -0.100. The molecule has 3 nitrogen and oxygen atoms in total. The van der Waals surface area contributed by atoms with Crippen molar-refractivity contribution in [2.75, 3.05) is 0 Å². The number of nitrogens with two attached hydrogens (primary N) is 1. The molecular formula is C16H23N3. The Labute approximate surface area is 115 Å². The van der Waals surface area contributed by atoms with Gasteiger partial charge in [0.2, 0.25) is 0 Å². The summed E-state index contributed by atoms with van der Waals surface area (Å²) in [5.41, 5.74) is 11.0. The van der Waals surface area contributed by atoms with E-state index in [9.17, 15) is 0 Å². The average Bonchev–Trinajstić information content (AvgIpc) is 2.80. The molecule has 102 valence electrons. The second-order valence-electron chi connectivity index (χ2n) is 5.00. The Kier molecular flexibility index (Phi) is 4.38. The summed E-state index contributed by atoms with van der Waals surface area (Å²) in [5.74, 6) is 0. The van der Waals surface area contributed by atoms with Crippen LogP contribution in [0.1, 0.15) is 48.8 Å². The first-order chi connectivity index (χ1) is 9.15. The second-order valence-corrected chi connectivity index (χ2v) is 5.00. The van der Waals surface area contributed by atoms with Crippen LogP contribution in [-0.4, -0.2) is 9.78 Å². The maximum absolute atomic E-state index is 6.37. The quantitative estimate of drug-likeness (QED) is 0.893. The SMILES string of the molecule is CCCc1ccc(C(N)c2cc(C)nn2CC)cc1. The summed E-state index contributed by atoms with van der Waals surface area (Å²) < 4.78 is 1.99. The van der Waals surface area contributed by atoms with Crippen LogP contribution in [0, 0.1) is 6.92 Å². The van der Waals surface area contributed by atoms with Gasteiger partial charge in [0.05, 0.1) is 17.4 Å². The monoisotopic (exact) mass is 257 g/mol. The molecule has 0 fully saturated rings. The second kappa shape index (κ2) is 6.02. The van der Waals surface area contributed by atoms with Crippen molar-refractivity contribution in [3.05, 3.63) is 52.8 Å². The third-order valence-electron chi connectivity index (χ3n) is 3.43. The van der Waals surface area contributed by atoms with Gasteiger partial charge in [-0.25, -0.2) is 0 Å². The van der Waals surface area contributed by atoms with Gasteiger partial charge in [-0.2, -0.15) is 5.10 Å². The van der Waals surface area contributed by atoms with E-state index < -0.39 is 0 Å². The summed E-state index contributed by atoms with van der Waals surface area (Å²) in [6.45, 7) is 7.15. The first-order valence-corrected chi connectivity index (χ1v) is 7.04. The molecule has 0 aliphatic rings. The van der Waals surface area contributed by atoms with E-state index in [1.165, 1.54) is 12.0 Å². The Bertz CT molecular complexity index is 525. The molecule has 0 amide bonds. The highest BCUT2D eigenvalue weighted by atomic mass is 15.3. The van der Waals surface area contributed by atoms with Gasteiger partial charge in [0.25, 0.3) is 0 Å². The van der Waals surface area contributed by atoms with Gasteiger partial charge in [0.1, 0.15) is 0 Å². The maximum atomic E-state index is 6.37. The van der Waals surface area contributed by atoms with Crippen molar-refractivity contribution >= 4 is 0 Å². The zero-order chi connectivity index (χ0) is 13.8. The van der Waals surface area contributed by atoms with E-state index in [0.29, 0.717) is 0 Å². The number of hydrogen-bond acceptors (Lipinski definition) is 2. The van der Waals surface area contributed by atoms with Crippen molar-refractivity contribution in [2.24, 2.45) is 5.73 Å². The molecule has 1 heterocycles. The van der Waals surface area contributed by atoms with Crippen LogP contribution in [0.2, 0.25) is 0 Å². The highest BCUT2D eigenvalue weighted by Crippen LogP contribution is 2.21. The van der Waals surface area contributed by atoms with Crippen LogP contribution in [0.5, 0.6) is 0 Å². The zero-order valence-corrected chi connectivity index (χ0v) is 12.1. The van der Waals surface area contributed by atoms with Gasteiger partial charge >= 0.3 is 0 Å². The Morgan fingerprint density at radius 3 is 2.47 bits per heavy atom. The van der Waals surface area contributed by atoms with Gasteiger partial charge in [-0.3, -0.25) is 4.68 Å². The molecule has 2 N–H and O–H groups in total. The minimum absolute atomic E-state index is 0.100. The van der Waals surface area contributed by atoms with Gasteiger partial charge in [0.15, 0.2) is 0 Å². The van der Waals surface area contributed by atoms with E-state index in [4.69, 9.17) is 5.73 Å². The van der Waals surface area contributed by atoms with Crippen LogP contribution in [0.15, 0.2) is 30.3 Å². The third kappa shape index (κ3) is 3.04. The maximum Gasteiger partial charge on any atom is 0.0723 e. The summed E-state index contributed by atoms with van der Waals surface area (Å²) in [6, 6.07) is 10.6. The summed E-state index contributed by atoms with van der Waals surface area (Å²) >= 11 is 0. The lowest BCUT2D eigenvalue weighted by molar-refractivity contribution is 0.597. The highest BCUT2D eigenvalue weighted by Gasteiger charge is 2.14. The highest BCUT2D eigenvalue weighted by molar-refractivity contribution is 5.31. The summed E-state index contributed by atoms with van der Waals surface area (Å²) in [4.78, 5) is 0. The van der Waals surface area contributed by atoms with Crippen LogP contribution >= 0.6 is 0 Å². The topological polar surface area (TPSA) is 43.8 Å². The summed E-state index contributed by atoms with van der Waals surface area (Å²) in [5, 5.41) is 4.46. The van der Waals surface area contributed by atoms with Crippen LogP contribution in [0.4, 0.5) is 0 Å². The molecule has 0 aliphatic carbocycles. The van der Waals surface area contributed by atoms with Crippen LogP contribution in [0.3, 0.4) is 0 Å². The fraction of sp³-hybridized carbons (Fsp3) is 0.438. The Hall–Kier alpha value is -1.61. The summed E-state index contributed by atoms with van der Waals surface area (Å²) in [6.07, 6.45) is 2.30. The molecule has 1 unspecified atom stereocenters. The van der Waals surface area contributed by atoms with E-state index in [1.807, 2.05) is 11.6 Å². The van der Waals surface area contributed by atoms with Crippen molar-refractivity contribution in [1.82, 2.24) is 9.78 Å². The zero-order valence-electron chi connectivity index (χ0n) is 12.1. The van der Waals surface area contributed by atoms with E-state index in [-0.39, 0.29) is 6.04 Å². The van der Waals surface area contributed by atoms with Gasteiger partial charge in [-0.15, -0.1) is 0 Å². The lowest BCUT2D eigenvalue weighted by Gasteiger charge is -2.14. The molecule has 1 aromatic carbocycles. The smallest absolute Gasteiger partial charge is 0.0723 e. The molecule has 2 aromatic rings. The lowest BCUT2D eigenvalue weighted by Crippen LogP contribution is -2.17. The van der Waals surface area contributed by atoms with Gasteiger partial charge in [0, 0.05) is 6.54 Å². The number of rotatable bonds is 5. The summed E-state index contributed by atoms with van der Waals surface area (Å²) in [7, 11) is 0. The van der Waals surface area contributed by atoms with Crippen molar-refractivity contribution in [3.63, 3.8) is 0 Å². The number of hydrogen-bond donors (Lipinski definition) is 1. The first kappa shape index (κ1) is 13.8. The van der Waals surface area contributed by atoms with E-state index in [0.717, 1.165) is 29.9 Å². The largest absolute Gasteiger partial charge is 0.319 e. The fourth-order valence-electron chi connectivity index (χ4n) is 2.42. The van der Waals surface area contributed by atoms with E-state index in [1.54, 1.807) is 0 Å². The normalized spacial score (nSPS) is 12.6. The molecular weight excluding hydrogens is 234 g/mol. The molecule has 1 atom stereocenters. The van der Waals surface area contributed by atoms with E-state index in [2.05, 4.69) is 49.3 Å². The van der Waals surface area contributed by atoms with Crippen molar-refractivity contribution < 1.29 is 0 Å². The molecule has 2 rings (SSSR count). The van der Waals surface area contributed by atoms with Crippen molar-refractivity contribution in [1.29, 1.82) is 0 Å². The van der Waals surface area contributed by atoms with Crippen molar-refractivity contribution in [3.8, 4) is 0 Å². The first-order valence-electron chi connectivity index (χ1n) is 7.04. The van der Waals surface area contributed by atoms with Crippen molar-refractivity contribution in [2.45, 2.75) is 46.2 Å². The molecule has 0 spiro atoms. The lowest BCUT2D eigenvalue weighted by atomic mass is 10.0. The molecule has 1 aromatic heterocycles. The average molecular weight is 257 g/mol. The number of benzene rings is 1. The Morgan fingerprint density at radius 1 is 1.21 bits per heavy atom. The Balaban J connectivity index is 2.25. The number of aryl methyl sites for hydroxylation is 3. The van der Waals surface area contributed by atoms with Crippen LogP contribution in [0.25, 0.3) is 0 Å². The predicted molar refractivity (Wildman–Crippen MR) is 79.1 cm³/mol. The molecule has 0 aliphatic heterocycles. The molecule has 0 bridgehead atoms.